The summed E-state index contributed by atoms with van der Waals surface area (Å²) in [5.74, 6) is 0.636. The molecule has 0 radical (unpaired) electrons. The minimum Gasteiger partial charge on any atom is -0.495 e. The van der Waals surface area contributed by atoms with Crippen LogP contribution in [0.15, 0.2) is 76.1 Å². The van der Waals surface area contributed by atoms with Gasteiger partial charge < -0.3 is 9.47 Å². The fourth-order valence-electron chi connectivity index (χ4n) is 3.51. The number of hydrogen-bond donors (Lipinski definition) is 1. The zero-order valence-corrected chi connectivity index (χ0v) is 23.4. The highest BCUT2D eigenvalue weighted by Crippen LogP contribution is 2.32. The van der Waals surface area contributed by atoms with E-state index in [1.54, 1.807) is 18.2 Å². The van der Waals surface area contributed by atoms with Crippen LogP contribution < -0.4 is 14.2 Å². The first-order valence-electron chi connectivity index (χ1n) is 11.6. The van der Waals surface area contributed by atoms with Crippen LogP contribution in [0.1, 0.15) is 19.4 Å². The molecule has 0 aliphatic rings. The minimum absolute atomic E-state index is 0.0451. The fourth-order valence-corrected chi connectivity index (χ4v) is 5.28. The summed E-state index contributed by atoms with van der Waals surface area (Å²) in [5.41, 5.74) is 0.363. The summed E-state index contributed by atoms with van der Waals surface area (Å²) in [5, 5.41) is 4.38. The van der Waals surface area contributed by atoms with Gasteiger partial charge in [-0.1, -0.05) is 41.9 Å². The molecule has 13 heteroatoms. The molecule has 1 N–H and O–H groups in total. The van der Waals surface area contributed by atoms with Crippen molar-refractivity contribution in [2.75, 3.05) is 18.4 Å². The second-order valence-corrected chi connectivity index (χ2v) is 11.4. The first-order chi connectivity index (χ1) is 18.4. The fraction of sp³-hybridized carbons (Fsp3) is 0.231. The Morgan fingerprint density at radius 3 is 2.28 bits per heavy atom. The van der Waals surface area contributed by atoms with E-state index in [9.17, 15) is 21.6 Å². The minimum atomic E-state index is -4.47. The van der Waals surface area contributed by atoms with Crippen molar-refractivity contribution in [1.29, 1.82) is 0 Å². The zero-order chi connectivity index (χ0) is 28.4. The smallest absolute Gasteiger partial charge is 0.416 e. The van der Waals surface area contributed by atoms with Gasteiger partial charge in [0.2, 0.25) is 0 Å². The number of hydrogen-bond acceptors (Lipinski definition) is 6. The van der Waals surface area contributed by atoms with Crippen LogP contribution in [0.5, 0.6) is 11.8 Å². The van der Waals surface area contributed by atoms with Gasteiger partial charge >= 0.3 is 12.2 Å². The number of anilines is 1. The van der Waals surface area contributed by atoms with Gasteiger partial charge in [-0.3, -0.25) is 4.72 Å². The van der Waals surface area contributed by atoms with E-state index in [4.69, 9.17) is 9.47 Å². The van der Waals surface area contributed by atoms with Crippen LogP contribution in [0.4, 0.5) is 18.9 Å². The molecule has 0 unspecified atom stereocenters. The number of sulfonamides is 1. The van der Waals surface area contributed by atoms with E-state index in [-0.39, 0.29) is 34.1 Å². The SMILES string of the molecule is COc1ccc(Br)cc1S(=O)(=O)Nc1ccc(-n2nc(OCC(C)C)nc2-c2ccc(C(F)(F)F)cc2)cc1. The molecule has 1 aromatic heterocycles. The Morgan fingerprint density at radius 2 is 1.69 bits per heavy atom. The molecule has 39 heavy (non-hydrogen) atoms. The lowest BCUT2D eigenvalue weighted by Gasteiger charge is -2.13. The lowest BCUT2D eigenvalue weighted by Crippen LogP contribution is -2.14. The molecule has 0 bridgehead atoms. The predicted octanol–water partition coefficient (Wildman–Crippen LogP) is 6.56. The quantitative estimate of drug-likeness (QED) is 0.227. The summed E-state index contributed by atoms with van der Waals surface area (Å²) < 4.78 is 80.6. The maximum atomic E-state index is 13.1. The number of aromatic nitrogens is 3. The van der Waals surface area contributed by atoms with E-state index in [1.165, 1.54) is 48.2 Å². The van der Waals surface area contributed by atoms with Gasteiger partial charge in [-0.15, -0.1) is 5.10 Å². The number of alkyl halides is 3. The summed E-state index contributed by atoms with van der Waals surface area (Å²) in [6.45, 7) is 4.25. The maximum absolute atomic E-state index is 13.1. The van der Waals surface area contributed by atoms with Crippen LogP contribution in [0.25, 0.3) is 17.1 Å². The molecule has 0 saturated heterocycles. The number of nitrogens with one attached hydrogen (secondary N) is 1. The number of benzene rings is 3. The van der Waals surface area contributed by atoms with Crippen LogP contribution in [0, 0.1) is 5.92 Å². The van der Waals surface area contributed by atoms with Crippen LogP contribution in [0.2, 0.25) is 0 Å². The third-order valence-corrected chi connectivity index (χ3v) is 7.28. The van der Waals surface area contributed by atoms with E-state index in [0.29, 0.717) is 22.3 Å². The van der Waals surface area contributed by atoms with Crippen molar-refractivity contribution in [2.45, 2.75) is 24.9 Å². The van der Waals surface area contributed by atoms with Crippen molar-refractivity contribution in [3.63, 3.8) is 0 Å². The summed E-state index contributed by atoms with van der Waals surface area (Å²) in [6, 6.07) is 15.5. The average molecular weight is 625 g/mol. The van der Waals surface area contributed by atoms with Crippen molar-refractivity contribution in [3.8, 4) is 28.8 Å². The average Bonchev–Trinajstić information content (AvgIpc) is 3.31. The van der Waals surface area contributed by atoms with Crippen molar-refractivity contribution in [3.05, 3.63) is 76.8 Å². The molecule has 0 aliphatic carbocycles. The number of methoxy groups -OCH3 is 1. The molecule has 4 rings (SSSR count). The van der Waals surface area contributed by atoms with Crippen molar-refractivity contribution in [1.82, 2.24) is 14.8 Å². The molecular weight excluding hydrogens is 601 g/mol. The molecular formula is C26H24BrF3N4O4S. The predicted molar refractivity (Wildman–Crippen MR) is 144 cm³/mol. The van der Waals surface area contributed by atoms with Gasteiger partial charge in [0.05, 0.1) is 25.0 Å². The normalized spacial score (nSPS) is 12.0. The maximum Gasteiger partial charge on any atom is 0.416 e. The Kier molecular flexibility index (Phi) is 8.21. The topological polar surface area (TPSA) is 95.3 Å². The second kappa shape index (κ2) is 11.3. The van der Waals surface area contributed by atoms with E-state index >= 15 is 0 Å². The molecule has 0 saturated carbocycles. The highest BCUT2D eigenvalue weighted by molar-refractivity contribution is 9.10. The summed E-state index contributed by atoms with van der Waals surface area (Å²) in [6.07, 6.45) is -4.47. The molecule has 0 amide bonds. The largest absolute Gasteiger partial charge is 0.495 e. The third kappa shape index (κ3) is 6.71. The van der Waals surface area contributed by atoms with E-state index in [0.717, 1.165) is 12.1 Å². The molecule has 4 aromatic rings. The highest BCUT2D eigenvalue weighted by atomic mass is 79.9. The standard InChI is InChI=1S/C26H24BrF3N4O4S/c1-16(2)15-38-25-31-24(17-4-6-18(7-5-17)26(28,29)30)34(32-25)21-11-9-20(10-12-21)33-39(35,36)23-14-19(27)8-13-22(23)37-3/h4-14,16,33H,15H2,1-3H3. The summed E-state index contributed by atoms with van der Waals surface area (Å²) >= 11 is 3.27. The number of nitrogens with zero attached hydrogens (tertiary/aromatic N) is 3. The molecule has 1 heterocycles. The first-order valence-corrected chi connectivity index (χ1v) is 13.9. The van der Waals surface area contributed by atoms with Gasteiger partial charge in [-0.2, -0.15) is 18.2 Å². The molecule has 8 nitrogen and oxygen atoms in total. The summed E-state index contributed by atoms with van der Waals surface area (Å²) in [7, 11) is -2.61. The van der Waals surface area contributed by atoms with Crippen molar-refractivity contribution < 1.29 is 31.1 Å². The van der Waals surface area contributed by atoms with Crippen molar-refractivity contribution in [2.24, 2.45) is 5.92 Å². The van der Waals surface area contributed by atoms with E-state index in [2.05, 4.69) is 30.7 Å². The lowest BCUT2D eigenvalue weighted by atomic mass is 10.1. The molecule has 0 aliphatic heterocycles. The molecule has 0 spiro atoms. The van der Waals surface area contributed by atoms with Crippen LogP contribution >= 0.6 is 15.9 Å². The van der Waals surface area contributed by atoms with Crippen molar-refractivity contribution >= 4 is 31.6 Å². The van der Waals surface area contributed by atoms with E-state index in [1.807, 2.05) is 13.8 Å². The number of rotatable bonds is 9. The van der Waals surface area contributed by atoms with Gasteiger partial charge in [-0.25, -0.2) is 13.1 Å². The van der Waals surface area contributed by atoms with Gasteiger partial charge in [0.1, 0.15) is 10.6 Å². The Hall–Kier alpha value is -3.58. The Morgan fingerprint density at radius 1 is 1.03 bits per heavy atom. The molecule has 3 aromatic carbocycles. The molecule has 0 atom stereocenters. The zero-order valence-electron chi connectivity index (χ0n) is 21.0. The van der Waals surface area contributed by atoms with Gasteiger partial charge in [0.15, 0.2) is 5.82 Å². The van der Waals surface area contributed by atoms with E-state index < -0.39 is 21.8 Å². The summed E-state index contributed by atoms with van der Waals surface area (Å²) in [4.78, 5) is 4.34. The first kappa shape index (κ1) is 28.4. The molecule has 0 fully saturated rings. The Labute approximate surface area is 232 Å². The van der Waals surface area contributed by atoms with Gasteiger partial charge in [0.25, 0.3) is 10.0 Å². The number of halogens is 4. The monoisotopic (exact) mass is 624 g/mol. The van der Waals surface area contributed by atoms with Gasteiger partial charge in [-0.05, 0) is 60.5 Å². The molecule has 206 valence electrons. The van der Waals surface area contributed by atoms with Crippen LogP contribution in [0.3, 0.4) is 0 Å². The second-order valence-electron chi connectivity index (χ2n) is 8.86. The van der Waals surface area contributed by atoms with Crippen LogP contribution in [-0.2, 0) is 16.2 Å². The Bertz CT molecular complexity index is 1560. The van der Waals surface area contributed by atoms with Gasteiger partial charge in [0, 0.05) is 15.7 Å². The third-order valence-electron chi connectivity index (χ3n) is 5.38. The lowest BCUT2D eigenvalue weighted by molar-refractivity contribution is -0.137. The number of ether oxygens (including phenoxy) is 2. The van der Waals surface area contributed by atoms with Crippen LogP contribution in [-0.4, -0.2) is 36.9 Å². The highest BCUT2D eigenvalue weighted by Gasteiger charge is 2.30. The Balaban J connectivity index is 1.66.